The predicted octanol–water partition coefficient (Wildman–Crippen LogP) is 3.34. The first kappa shape index (κ1) is 15.8. The van der Waals surface area contributed by atoms with Gasteiger partial charge in [-0.25, -0.2) is 4.98 Å². The Bertz CT molecular complexity index is 888. The highest BCUT2D eigenvalue weighted by Gasteiger charge is 2.12. The number of benzene rings is 1. The van der Waals surface area contributed by atoms with E-state index in [2.05, 4.69) is 10.3 Å². The molecule has 0 aliphatic heterocycles. The zero-order valence-corrected chi connectivity index (χ0v) is 13.6. The van der Waals surface area contributed by atoms with Crippen LogP contribution in [0.1, 0.15) is 17.0 Å². The minimum atomic E-state index is 0.440. The number of nitrogens with one attached hydrogen (secondary N) is 1. The van der Waals surface area contributed by atoms with Crippen LogP contribution in [0.25, 0.3) is 5.65 Å². The summed E-state index contributed by atoms with van der Waals surface area (Å²) in [5, 5.41) is 2.99. The lowest BCUT2D eigenvalue weighted by Crippen LogP contribution is -2.00. The van der Waals surface area contributed by atoms with Crippen molar-refractivity contribution in [3.8, 4) is 11.5 Å². The Morgan fingerprint density at radius 1 is 1.29 bits per heavy atom. The number of nitrogen functional groups attached to an aromatic ring is 1. The molecule has 0 aliphatic rings. The highest BCUT2D eigenvalue weighted by molar-refractivity contribution is 5.57. The van der Waals surface area contributed by atoms with E-state index in [0.717, 1.165) is 34.8 Å². The van der Waals surface area contributed by atoms with Crippen LogP contribution >= 0.6 is 0 Å². The summed E-state index contributed by atoms with van der Waals surface area (Å²) < 4.78 is 7.28. The molecule has 0 atom stereocenters. The number of anilines is 1. The van der Waals surface area contributed by atoms with Gasteiger partial charge in [-0.15, -0.1) is 0 Å². The van der Waals surface area contributed by atoms with E-state index in [1.165, 1.54) is 0 Å². The van der Waals surface area contributed by atoms with Crippen LogP contribution in [0.5, 0.6) is 11.5 Å². The fraction of sp³-hybridized carbons (Fsp3) is 0.235. The number of ether oxygens (including phenoxy) is 1. The number of methoxy groups -OCH3 is 1. The molecule has 0 unspecified atom stereocenters. The van der Waals surface area contributed by atoms with Gasteiger partial charge in [0.1, 0.15) is 11.4 Å². The third-order valence-corrected chi connectivity index (χ3v) is 4.07. The van der Waals surface area contributed by atoms with Crippen LogP contribution in [0.2, 0.25) is 0 Å². The number of fused-ring (bicyclic) bond motifs is 1. The van der Waals surface area contributed by atoms with Gasteiger partial charge in [0.2, 0.25) is 0 Å². The van der Waals surface area contributed by atoms with Crippen molar-refractivity contribution in [1.29, 1.82) is 5.53 Å². The molecule has 0 amide bonds. The number of imidazole rings is 1. The zero-order valence-electron chi connectivity index (χ0n) is 13.6. The monoisotopic (exact) mass is 325 g/mol. The number of aromatic nitrogens is 2. The Hall–Kier alpha value is -3.09. The fourth-order valence-electron chi connectivity index (χ4n) is 2.77. The van der Waals surface area contributed by atoms with Crippen LogP contribution in [0.4, 0.5) is 5.69 Å². The number of nitrogens with zero attached hydrogens (tertiary/aromatic N) is 3. The average molecular weight is 325 g/mol. The Morgan fingerprint density at radius 3 is 2.88 bits per heavy atom. The van der Waals surface area contributed by atoms with Crippen LogP contribution in [0.3, 0.4) is 0 Å². The molecular formula is C17H19N5O2. The summed E-state index contributed by atoms with van der Waals surface area (Å²) in [4.78, 5) is 9.68. The van der Waals surface area contributed by atoms with Gasteiger partial charge >= 0.3 is 0 Å². The van der Waals surface area contributed by atoms with Gasteiger partial charge in [0.15, 0.2) is 5.75 Å². The smallest absolute Gasteiger partial charge is 0.185 e. The lowest BCUT2D eigenvalue weighted by Gasteiger charge is -2.08. The summed E-state index contributed by atoms with van der Waals surface area (Å²) in [6.07, 6.45) is 3.37. The van der Waals surface area contributed by atoms with E-state index in [1.807, 2.05) is 41.8 Å². The van der Waals surface area contributed by atoms with E-state index >= 15 is 0 Å². The van der Waals surface area contributed by atoms with Gasteiger partial charge < -0.3 is 19.7 Å². The van der Waals surface area contributed by atoms with Crippen molar-refractivity contribution in [3.63, 3.8) is 0 Å². The fourth-order valence-corrected chi connectivity index (χ4v) is 2.77. The summed E-state index contributed by atoms with van der Waals surface area (Å²) in [6.45, 7) is 2.04. The van der Waals surface area contributed by atoms with Crippen molar-refractivity contribution >= 4 is 11.3 Å². The summed E-state index contributed by atoms with van der Waals surface area (Å²) in [6, 6.07) is 9.33. The second-order valence-electron chi connectivity index (χ2n) is 5.46. The molecule has 0 radical (unpaired) electrons. The summed E-state index contributed by atoms with van der Waals surface area (Å²) in [7, 11) is 1.64. The van der Waals surface area contributed by atoms with Gasteiger partial charge in [-0.1, -0.05) is 12.1 Å². The molecular weight excluding hydrogens is 306 g/mol. The number of rotatable bonds is 6. The molecule has 124 valence electrons. The molecule has 24 heavy (non-hydrogen) atoms. The predicted molar refractivity (Wildman–Crippen MR) is 90.5 cm³/mol. The highest BCUT2D eigenvalue weighted by Crippen LogP contribution is 2.28. The molecule has 7 nitrogen and oxygen atoms in total. The molecule has 3 rings (SSSR count). The SMILES string of the molecule is COc1ccn2c(C)c(CCc3cccc(N)c3ON=N)nc2c1. The number of para-hydroxylation sites is 1. The van der Waals surface area contributed by atoms with Crippen LogP contribution in [0.15, 0.2) is 41.8 Å². The summed E-state index contributed by atoms with van der Waals surface area (Å²) in [5.41, 5.74) is 17.1. The Kier molecular flexibility index (Phi) is 4.33. The van der Waals surface area contributed by atoms with Crippen LogP contribution in [0, 0.1) is 12.5 Å². The molecule has 2 heterocycles. The number of aryl methyl sites for hydroxylation is 3. The quantitative estimate of drug-likeness (QED) is 0.412. The van der Waals surface area contributed by atoms with Crippen molar-refractivity contribution in [1.82, 2.24) is 9.38 Å². The van der Waals surface area contributed by atoms with E-state index in [9.17, 15) is 0 Å². The third kappa shape index (κ3) is 2.88. The Morgan fingerprint density at radius 2 is 2.12 bits per heavy atom. The Balaban J connectivity index is 1.87. The van der Waals surface area contributed by atoms with Crippen LogP contribution in [-0.4, -0.2) is 16.5 Å². The molecule has 3 N–H and O–H groups in total. The lowest BCUT2D eigenvalue weighted by molar-refractivity contribution is 0.297. The van der Waals surface area contributed by atoms with Crippen molar-refractivity contribution in [2.45, 2.75) is 19.8 Å². The van der Waals surface area contributed by atoms with Gasteiger partial charge in [0, 0.05) is 28.8 Å². The van der Waals surface area contributed by atoms with Gasteiger partial charge in [-0.2, -0.15) is 5.53 Å². The summed E-state index contributed by atoms with van der Waals surface area (Å²) in [5.74, 6) is 1.22. The molecule has 0 aliphatic carbocycles. The summed E-state index contributed by atoms with van der Waals surface area (Å²) >= 11 is 0. The minimum Gasteiger partial charge on any atom is -0.497 e. The molecule has 1 aromatic carbocycles. The van der Waals surface area contributed by atoms with Crippen molar-refractivity contribution in [3.05, 3.63) is 53.5 Å². The topological polar surface area (TPSA) is 98.0 Å². The maximum atomic E-state index is 6.89. The normalized spacial score (nSPS) is 10.8. The van der Waals surface area contributed by atoms with E-state index in [-0.39, 0.29) is 0 Å². The maximum Gasteiger partial charge on any atom is 0.185 e. The van der Waals surface area contributed by atoms with E-state index in [4.69, 9.17) is 20.8 Å². The van der Waals surface area contributed by atoms with Gasteiger partial charge in [0.25, 0.3) is 0 Å². The lowest BCUT2D eigenvalue weighted by atomic mass is 10.1. The van der Waals surface area contributed by atoms with Crippen molar-refractivity contribution in [2.24, 2.45) is 5.28 Å². The van der Waals surface area contributed by atoms with Crippen molar-refractivity contribution in [2.75, 3.05) is 12.8 Å². The number of nitrogens with two attached hydrogens (primary N) is 1. The second kappa shape index (κ2) is 6.57. The van der Waals surface area contributed by atoms with Crippen LogP contribution in [-0.2, 0) is 12.8 Å². The van der Waals surface area contributed by atoms with Gasteiger partial charge in [0.05, 0.1) is 18.5 Å². The average Bonchev–Trinajstić information content (AvgIpc) is 2.91. The van der Waals surface area contributed by atoms with E-state index in [1.54, 1.807) is 13.2 Å². The first-order chi connectivity index (χ1) is 11.6. The van der Waals surface area contributed by atoms with Gasteiger partial charge in [-0.05, 0) is 31.9 Å². The molecule has 0 spiro atoms. The van der Waals surface area contributed by atoms with E-state index < -0.39 is 0 Å². The first-order valence-electron chi connectivity index (χ1n) is 7.56. The van der Waals surface area contributed by atoms with Crippen molar-refractivity contribution < 1.29 is 9.57 Å². The molecule has 7 heteroatoms. The third-order valence-electron chi connectivity index (χ3n) is 4.07. The largest absolute Gasteiger partial charge is 0.497 e. The molecule has 0 saturated carbocycles. The first-order valence-corrected chi connectivity index (χ1v) is 7.56. The number of pyridine rings is 1. The molecule has 0 saturated heterocycles. The van der Waals surface area contributed by atoms with Crippen LogP contribution < -0.4 is 15.3 Å². The van der Waals surface area contributed by atoms with Gasteiger partial charge in [-0.3, -0.25) is 0 Å². The van der Waals surface area contributed by atoms with E-state index in [0.29, 0.717) is 17.9 Å². The highest BCUT2D eigenvalue weighted by atomic mass is 16.6. The molecule has 0 fully saturated rings. The number of hydrogen-bond acceptors (Lipinski definition) is 6. The molecule has 3 aromatic rings. The maximum absolute atomic E-state index is 6.89. The number of hydrogen-bond donors (Lipinski definition) is 2. The zero-order chi connectivity index (χ0) is 17.1. The Labute approximate surface area is 139 Å². The second-order valence-corrected chi connectivity index (χ2v) is 5.46. The molecule has 2 aromatic heterocycles. The molecule has 0 bridgehead atoms. The minimum absolute atomic E-state index is 0.440. The standard InChI is InChI=1S/C17H19N5O2/c1-11-15(20-16-10-13(23-2)8-9-22(11)16)7-6-12-4-3-5-14(18)17(12)24-21-19/h3-5,8-10,19H,6-7,18H2,1-2H3.